The van der Waals surface area contributed by atoms with Crippen molar-refractivity contribution in [3.63, 3.8) is 0 Å². The Kier molecular flexibility index (Phi) is 5.05. The van der Waals surface area contributed by atoms with Crippen LogP contribution in [0.1, 0.15) is 6.92 Å². The van der Waals surface area contributed by atoms with Gasteiger partial charge < -0.3 is 20.4 Å². The lowest BCUT2D eigenvalue weighted by Gasteiger charge is -2.18. The first-order valence-corrected chi connectivity index (χ1v) is 7.46. The summed E-state index contributed by atoms with van der Waals surface area (Å²) < 4.78 is 0. The van der Waals surface area contributed by atoms with Gasteiger partial charge in [0.05, 0.1) is 11.4 Å². The number of nitrogens with one attached hydrogen (secondary N) is 2. The molecule has 2 rings (SSSR count). The molecule has 0 aliphatic heterocycles. The van der Waals surface area contributed by atoms with Gasteiger partial charge in [-0.05, 0) is 19.1 Å². The molecule has 0 fully saturated rings. The molecule has 2 aromatic carbocycles. The molecule has 2 aromatic rings. The first kappa shape index (κ1) is 16.6. The fraction of sp³-hybridized carbons (Fsp3) is 0.294. The third kappa shape index (κ3) is 3.71. The highest BCUT2D eigenvalue weighted by Gasteiger charge is 2.12. The Morgan fingerprint density at radius 2 is 1.35 bits per heavy atom. The summed E-state index contributed by atoms with van der Waals surface area (Å²) in [5.74, 6) is 0. The topological polar surface area (TPSA) is 64.7 Å². The molecule has 0 radical (unpaired) electrons. The number of benzene rings is 2. The van der Waals surface area contributed by atoms with Crippen molar-refractivity contribution in [2.75, 3.05) is 38.3 Å². The summed E-state index contributed by atoms with van der Waals surface area (Å²) in [6, 6.07) is 10.9. The van der Waals surface area contributed by atoms with Crippen LogP contribution in [0.2, 0.25) is 0 Å². The number of rotatable bonds is 3. The SMILES string of the molecule is CCN(C)C(=O)Nc1cccc2c(NC(=O)N(C)C)cccc12. The van der Waals surface area contributed by atoms with Crippen molar-refractivity contribution in [1.29, 1.82) is 0 Å². The molecular weight excluding hydrogens is 292 g/mol. The summed E-state index contributed by atoms with van der Waals surface area (Å²) >= 11 is 0. The normalized spacial score (nSPS) is 10.3. The predicted octanol–water partition coefficient (Wildman–Crippen LogP) is 3.42. The molecule has 0 atom stereocenters. The molecule has 0 spiro atoms. The van der Waals surface area contributed by atoms with Crippen molar-refractivity contribution in [3.8, 4) is 0 Å². The van der Waals surface area contributed by atoms with E-state index in [4.69, 9.17) is 0 Å². The minimum atomic E-state index is -0.197. The standard InChI is InChI=1S/C17H22N4O2/c1-5-21(4)17(23)19-15-11-7-8-12-13(15)9-6-10-14(12)18-16(22)20(2)3/h6-11H,5H2,1-4H3,(H,18,22)(H,19,23). The quantitative estimate of drug-likeness (QED) is 0.911. The smallest absolute Gasteiger partial charge is 0.321 e. The molecule has 0 saturated heterocycles. The van der Waals surface area contributed by atoms with Crippen LogP contribution in [0.25, 0.3) is 10.8 Å². The van der Waals surface area contributed by atoms with E-state index in [9.17, 15) is 9.59 Å². The maximum absolute atomic E-state index is 12.1. The van der Waals surface area contributed by atoms with Crippen LogP contribution in [0.4, 0.5) is 21.0 Å². The van der Waals surface area contributed by atoms with E-state index in [0.717, 1.165) is 10.8 Å². The van der Waals surface area contributed by atoms with Crippen LogP contribution in [-0.2, 0) is 0 Å². The zero-order chi connectivity index (χ0) is 17.0. The monoisotopic (exact) mass is 314 g/mol. The summed E-state index contributed by atoms with van der Waals surface area (Å²) in [4.78, 5) is 27.0. The van der Waals surface area contributed by atoms with Gasteiger partial charge in [0.1, 0.15) is 0 Å². The van der Waals surface area contributed by atoms with E-state index in [2.05, 4.69) is 10.6 Å². The molecule has 122 valence electrons. The van der Waals surface area contributed by atoms with Crippen LogP contribution in [0, 0.1) is 0 Å². The molecule has 0 saturated carbocycles. The number of carbonyl (C=O) groups excluding carboxylic acids is 2. The number of hydrogen-bond acceptors (Lipinski definition) is 2. The van der Waals surface area contributed by atoms with Gasteiger partial charge >= 0.3 is 12.1 Å². The van der Waals surface area contributed by atoms with Gasteiger partial charge in [0.2, 0.25) is 0 Å². The molecule has 6 heteroatoms. The number of fused-ring (bicyclic) bond motifs is 1. The maximum Gasteiger partial charge on any atom is 0.321 e. The molecular formula is C17H22N4O2. The van der Waals surface area contributed by atoms with E-state index < -0.39 is 0 Å². The van der Waals surface area contributed by atoms with E-state index >= 15 is 0 Å². The highest BCUT2D eigenvalue weighted by atomic mass is 16.2. The molecule has 4 amide bonds. The molecule has 0 aromatic heterocycles. The van der Waals surface area contributed by atoms with Crippen molar-refractivity contribution >= 4 is 34.2 Å². The van der Waals surface area contributed by atoms with Crippen molar-refractivity contribution < 1.29 is 9.59 Å². The Hall–Kier alpha value is -2.76. The number of nitrogens with zero attached hydrogens (tertiary/aromatic N) is 2. The van der Waals surface area contributed by atoms with Gasteiger partial charge in [-0.2, -0.15) is 0 Å². The average Bonchev–Trinajstić information content (AvgIpc) is 2.54. The average molecular weight is 314 g/mol. The van der Waals surface area contributed by atoms with Gasteiger partial charge in [-0.25, -0.2) is 9.59 Å². The van der Waals surface area contributed by atoms with Crippen LogP contribution < -0.4 is 10.6 Å². The predicted molar refractivity (Wildman–Crippen MR) is 94.0 cm³/mol. The van der Waals surface area contributed by atoms with Gasteiger partial charge in [0.25, 0.3) is 0 Å². The fourth-order valence-electron chi connectivity index (χ4n) is 2.11. The van der Waals surface area contributed by atoms with Gasteiger partial charge in [0.15, 0.2) is 0 Å². The van der Waals surface area contributed by atoms with E-state index in [1.54, 1.807) is 26.0 Å². The minimum Gasteiger partial charge on any atom is -0.331 e. The summed E-state index contributed by atoms with van der Waals surface area (Å²) in [7, 11) is 5.11. The molecule has 0 unspecified atom stereocenters. The van der Waals surface area contributed by atoms with E-state index in [0.29, 0.717) is 17.9 Å². The number of amides is 4. The van der Waals surface area contributed by atoms with Gasteiger partial charge in [0, 0.05) is 38.5 Å². The molecule has 6 nitrogen and oxygen atoms in total. The lowest BCUT2D eigenvalue weighted by Crippen LogP contribution is -2.31. The Bertz CT molecular complexity index is 728. The lowest BCUT2D eigenvalue weighted by molar-refractivity contribution is 0.224. The minimum absolute atomic E-state index is 0.164. The van der Waals surface area contributed by atoms with Gasteiger partial charge in [-0.15, -0.1) is 0 Å². The van der Waals surface area contributed by atoms with Gasteiger partial charge in [-0.3, -0.25) is 0 Å². The van der Waals surface area contributed by atoms with Crippen molar-refractivity contribution in [2.24, 2.45) is 0 Å². The van der Waals surface area contributed by atoms with Crippen LogP contribution in [-0.4, -0.2) is 49.5 Å². The van der Waals surface area contributed by atoms with Crippen LogP contribution in [0.3, 0.4) is 0 Å². The Balaban J connectivity index is 2.38. The second-order valence-electron chi connectivity index (χ2n) is 5.48. The second-order valence-corrected chi connectivity index (χ2v) is 5.48. The maximum atomic E-state index is 12.1. The number of anilines is 2. The Morgan fingerprint density at radius 3 is 1.78 bits per heavy atom. The summed E-state index contributed by atoms with van der Waals surface area (Å²) in [6.07, 6.45) is 0. The molecule has 0 aliphatic carbocycles. The molecule has 0 heterocycles. The van der Waals surface area contributed by atoms with E-state index in [1.807, 2.05) is 43.3 Å². The van der Waals surface area contributed by atoms with Crippen molar-refractivity contribution in [2.45, 2.75) is 6.92 Å². The third-order valence-corrected chi connectivity index (χ3v) is 3.63. The molecule has 23 heavy (non-hydrogen) atoms. The highest BCUT2D eigenvalue weighted by Crippen LogP contribution is 2.29. The first-order valence-electron chi connectivity index (χ1n) is 7.46. The highest BCUT2D eigenvalue weighted by molar-refractivity contribution is 6.08. The zero-order valence-corrected chi connectivity index (χ0v) is 13.9. The third-order valence-electron chi connectivity index (χ3n) is 3.63. The second kappa shape index (κ2) is 7.00. The fourth-order valence-corrected chi connectivity index (χ4v) is 2.11. The number of urea groups is 2. The summed E-state index contributed by atoms with van der Waals surface area (Å²) in [5, 5.41) is 7.52. The Morgan fingerprint density at radius 1 is 0.870 bits per heavy atom. The first-order chi connectivity index (χ1) is 10.9. The number of hydrogen-bond donors (Lipinski definition) is 2. The largest absolute Gasteiger partial charge is 0.331 e. The Labute approximate surface area is 136 Å². The lowest BCUT2D eigenvalue weighted by atomic mass is 10.1. The van der Waals surface area contributed by atoms with Crippen LogP contribution >= 0.6 is 0 Å². The zero-order valence-electron chi connectivity index (χ0n) is 13.9. The summed E-state index contributed by atoms with van der Waals surface area (Å²) in [6.45, 7) is 2.54. The van der Waals surface area contributed by atoms with Crippen molar-refractivity contribution in [1.82, 2.24) is 9.80 Å². The van der Waals surface area contributed by atoms with Crippen LogP contribution in [0.5, 0.6) is 0 Å². The van der Waals surface area contributed by atoms with Crippen LogP contribution in [0.15, 0.2) is 36.4 Å². The van der Waals surface area contributed by atoms with E-state index in [1.165, 1.54) is 4.90 Å². The van der Waals surface area contributed by atoms with E-state index in [-0.39, 0.29) is 12.1 Å². The van der Waals surface area contributed by atoms with Gasteiger partial charge in [-0.1, -0.05) is 24.3 Å². The number of carbonyl (C=O) groups is 2. The molecule has 2 N–H and O–H groups in total. The summed E-state index contributed by atoms with van der Waals surface area (Å²) in [5.41, 5.74) is 1.43. The molecule has 0 aliphatic rings. The van der Waals surface area contributed by atoms with Crippen molar-refractivity contribution in [3.05, 3.63) is 36.4 Å². The molecule has 0 bridgehead atoms.